The molecule has 0 aliphatic carbocycles. The number of nitrogens with zero attached hydrogens (tertiary/aromatic N) is 1. The maximum absolute atomic E-state index is 6.30. The summed E-state index contributed by atoms with van der Waals surface area (Å²) >= 11 is 6.30. The normalized spacial score (nSPS) is 27.4. The molecule has 0 amide bonds. The number of ether oxygens (including phenoxy) is 3. The third-order valence-electron chi connectivity index (χ3n) is 4.85. The van der Waals surface area contributed by atoms with E-state index < -0.39 is 0 Å². The first-order valence-electron chi connectivity index (χ1n) is 9.01. The minimum Gasteiger partial charge on any atom is -0.486 e. The van der Waals surface area contributed by atoms with Gasteiger partial charge in [-0.2, -0.15) is 0 Å². The van der Waals surface area contributed by atoms with Crippen molar-refractivity contribution in [3.8, 4) is 11.5 Å². The Labute approximate surface area is 152 Å². The average molecular weight is 366 g/mol. The molecule has 0 aromatic heterocycles. The number of aliphatic imine (C=N–C) groups is 1. The van der Waals surface area contributed by atoms with Crippen LogP contribution in [0.5, 0.6) is 11.5 Å². The minimum absolute atomic E-state index is 0.317. The summed E-state index contributed by atoms with van der Waals surface area (Å²) in [5.41, 5.74) is 0.996. The zero-order valence-corrected chi connectivity index (χ0v) is 15.1. The van der Waals surface area contributed by atoms with Gasteiger partial charge in [-0.1, -0.05) is 11.6 Å². The van der Waals surface area contributed by atoms with Crippen molar-refractivity contribution < 1.29 is 14.2 Å². The Morgan fingerprint density at radius 3 is 2.92 bits per heavy atom. The van der Waals surface area contributed by atoms with E-state index >= 15 is 0 Å². The Hall–Kier alpha value is -1.66. The predicted octanol–water partition coefficient (Wildman–Crippen LogP) is 2.49. The van der Waals surface area contributed by atoms with Crippen molar-refractivity contribution in [2.24, 2.45) is 4.99 Å². The second kappa shape index (κ2) is 7.30. The molecule has 7 heteroatoms. The summed E-state index contributed by atoms with van der Waals surface area (Å²) in [5, 5.41) is 7.40. The highest BCUT2D eigenvalue weighted by atomic mass is 35.5. The molecule has 1 aromatic carbocycles. The van der Waals surface area contributed by atoms with Gasteiger partial charge in [0.1, 0.15) is 13.2 Å². The monoisotopic (exact) mass is 365 g/mol. The first-order chi connectivity index (χ1) is 12.2. The lowest BCUT2D eigenvalue weighted by atomic mass is 9.96. The second-order valence-corrected chi connectivity index (χ2v) is 7.06. The van der Waals surface area contributed by atoms with Crippen molar-refractivity contribution in [1.29, 1.82) is 0 Å². The maximum atomic E-state index is 6.30. The fraction of sp³-hybridized carbons (Fsp3) is 0.611. The fourth-order valence-corrected chi connectivity index (χ4v) is 4.00. The molecule has 25 heavy (non-hydrogen) atoms. The Bertz CT molecular complexity index is 667. The molecule has 4 rings (SSSR count). The molecular formula is C18H24ClN3O3. The number of hydrogen-bond acceptors (Lipinski definition) is 4. The molecule has 6 nitrogen and oxygen atoms in total. The summed E-state index contributed by atoms with van der Waals surface area (Å²) in [6.07, 6.45) is 4.12. The molecular weight excluding hydrogens is 342 g/mol. The van der Waals surface area contributed by atoms with Crippen molar-refractivity contribution in [3.63, 3.8) is 0 Å². The SMILES string of the molecule is CCNC(=NCc1cc(Cl)c2c(c1)OCCO2)NC1CC2CCC1O2. The topological polar surface area (TPSA) is 64.1 Å². The van der Waals surface area contributed by atoms with Gasteiger partial charge in [0.15, 0.2) is 17.5 Å². The van der Waals surface area contributed by atoms with E-state index in [0.29, 0.717) is 54.5 Å². The molecule has 3 unspecified atom stereocenters. The fourth-order valence-electron chi connectivity index (χ4n) is 3.71. The highest BCUT2D eigenvalue weighted by molar-refractivity contribution is 6.32. The zero-order valence-electron chi connectivity index (χ0n) is 14.4. The first-order valence-corrected chi connectivity index (χ1v) is 9.39. The molecule has 0 saturated carbocycles. The van der Waals surface area contributed by atoms with E-state index in [-0.39, 0.29) is 0 Å². The van der Waals surface area contributed by atoms with Crippen LogP contribution in [0.25, 0.3) is 0 Å². The number of rotatable bonds is 4. The molecule has 2 saturated heterocycles. The van der Waals surface area contributed by atoms with Crippen molar-refractivity contribution in [1.82, 2.24) is 10.6 Å². The Morgan fingerprint density at radius 2 is 2.16 bits per heavy atom. The number of guanidine groups is 1. The number of nitrogens with one attached hydrogen (secondary N) is 2. The van der Waals surface area contributed by atoms with Crippen LogP contribution in [-0.4, -0.2) is 44.0 Å². The largest absolute Gasteiger partial charge is 0.486 e. The second-order valence-electron chi connectivity index (χ2n) is 6.66. The van der Waals surface area contributed by atoms with Gasteiger partial charge in [0, 0.05) is 6.54 Å². The van der Waals surface area contributed by atoms with Crippen LogP contribution in [0.1, 0.15) is 31.7 Å². The minimum atomic E-state index is 0.317. The van der Waals surface area contributed by atoms with Gasteiger partial charge in [0.2, 0.25) is 0 Å². The summed E-state index contributed by atoms with van der Waals surface area (Å²) in [4.78, 5) is 4.70. The highest BCUT2D eigenvalue weighted by Crippen LogP contribution is 2.38. The quantitative estimate of drug-likeness (QED) is 0.634. The lowest BCUT2D eigenvalue weighted by Gasteiger charge is -2.23. The van der Waals surface area contributed by atoms with E-state index in [2.05, 4.69) is 17.6 Å². The van der Waals surface area contributed by atoms with Crippen LogP contribution >= 0.6 is 11.6 Å². The smallest absolute Gasteiger partial charge is 0.191 e. The molecule has 3 heterocycles. The van der Waals surface area contributed by atoms with Gasteiger partial charge in [-0.05, 0) is 43.9 Å². The van der Waals surface area contributed by atoms with Crippen LogP contribution in [0, 0.1) is 0 Å². The lowest BCUT2D eigenvalue weighted by molar-refractivity contribution is 0.0992. The van der Waals surface area contributed by atoms with Crippen LogP contribution in [-0.2, 0) is 11.3 Å². The van der Waals surface area contributed by atoms with Gasteiger partial charge in [-0.15, -0.1) is 0 Å². The van der Waals surface area contributed by atoms with Gasteiger partial charge in [-0.3, -0.25) is 0 Å². The molecule has 3 aliphatic heterocycles. The molecule has 3 atom stereocenters. The van der Waals surface area contributed by atoms with Gasteiger partial charge >= 0.3 is 0 Å². The number of benzene rings is 1. The van der Waals surface area contributed by atoms with Crippen LogP contribution in [0.3, 0.4) is 0 Å². The summed E-state index contributed by atoms with van der Waals surface area (Å²) in [6.45, 7) is 4.48. The van der Waals surface area contributed by atoms with E-state index in [4.69, 9.17) is 30.8 Å². The molecule has 3 aliphatic rings. The number of halogens is 1. The van der Waals surface area contributed by atoms with E-state index in [0.717, 1.165) is 30.9 Å². The Balaban J connectivity index is 1.45. The van der Waals surface area contributed by atoms with Crippen molar-refractivity contribution in [2.75, 3.05) is 19.8 Å². The molecule has 1 aromatic rings. The van der Waals surface area contributed by atoms with Crippen LogP contribution in [0.15, 0.2) is 17.1 Å². The molecule has 2 N–H and O–H groups in total. The molecule has 2 bridgehead atoms. The molecule has 0 radical (unpaired) electrons. The van der Waals surface area contributed by atoms with Crippen LogP contribution in [0.2, 0.25) is 5.02 Å². The first kappa shape index (κ1) is 16.8. The predicted molar refractivity (Wildman–Crippen MR) is 96.7 cm³/mol. The third kappa shape index (κ3) is 3.65. The number of hydrogen-bond donors (Lipinski definition) is 2. The Kier molecular flexibility index (Phi) is 4.90. The molecule has 0 spiro atoms. The standard InChI is InChI=1S/C18H24ClN3O3/c1-2-20-18(22-14-9-12-3-4-15(14)25-12)21-10-11-7-13(19)17-16(8-11)23-5-6-24-17/h7-8,12,14-15H,2-6,9-10H2,1H3,(H2,20,21,22). The molecule has 136 valence electrons. The van der Waals surface area contributed by atoms with Gasteiger partial charge in [-0.25, -0.2) is 4.99 Å². The summed E-state index contributed by atoms with van der Waals surface area (Å²) in [6, 6.07) is 4.19. The Morgan fingerprint density at radius 1 is 1.28 bits per heavy atom. The van der Waals surface area contributed by atoms with Crippen molar-refractivity contribution in [3.05, 3.63) is 22.7 Å². The third-order valence-corrected chi connectivity index (χ3v) is 5.13. The van der Waals surface area contributed by atoms with Crippen molar-refractivity contribution >= 4 is 17.6 Å². The van der Waals surface area contributed by atoms with Gasteiger partial charge < -0.3 is 24.8 Å². The average Bonchev–Trinajstić information content (AvgIpc) is 3.23. The van der Waals surface area contributed by atoms with Crippen LogP contribution in [0.4, 0.5) is 0 Å². The van der Waals surface area contributed by atoms with Gasteiger partial charge in [0.05, 0.1) is 29.8 Å². The number of fused-ring (bicyclic) bond motifs is 3. The summed E-state index contributed by atoms with van der Waals surface area (Å²) in [7, 11) is 0. The maximum Gasteiger partial charge on any atom is 0.191 e. The van der Waals surface area contributed by atoms with E-state index in [1.165, 1.54) is 6.42 Å². The van der Waals surface area contributed by atoms with Crippen LogP contribution < -0.4 is 20.1 Å². The van der Waals surface area contributed by atoms with Gasteiger partial charge in [0.25, 0.3) is 0 Å². The van der Waals surface area contributed by atoms with E-state index in [1.807, 2.05) is 12.1 Å². The van der Waals surface area contributed by atoms with E-state index in [9.17, 15) is 0 Å². The lowest BCUT2D eigenvalue weighted by Crippen LogP contribution is -2.47. The van der Waals surface area contributed by atoms with E-state index in [1.54, 1.807) is 0 Å². The molecule has 2 fully saturated rings. The zero-order chi connectivity index (χ0) is 17.2. The highest BCUT2D eigenvalue weighted by Gasteiger charge is 2.41. The van der Waals surface area contributed by atoms with Crippen molar-refractivity contribution in [2.45, 2.75) is 51.0 Å². The summed E-state index contributed by atoms with van der Waals surface area (Å²) < 4.78 is 17.1. The summed E-state index contributed by atoms with van der Waals surface area (Å²) in [5.74, 6) is 2.14.